The number of methoxy groups -OCH3 is 2. The van der Waals surface area contributed by atoms with Gasteiger partial charge in [-0.25, -0.2) is 8.78 Å². The molecule has 13 atom stereocenters. The first-order valence-electron chi connectivity index (χ1n) is 25.3. The van der Waals surface area contributed by atoms with Gasteiger partial charge < -0.3 is 70.1 Å². The van der Waals surface area contributed by atoms with Gasteiger partial charge in [0, 0.05) is 68.5 Å². The molecule has 3 fully saturated rings. The molecule has 2 aromatic heterocycles. The van der Waals surface area contributed by atoms with Gasteiger partial charge in [-0.3, -0.25) is 19.2 Å². The molecule has 7 rings (SSSR count). The summed E-state index contributed by atoms with van der Waals surface area (Å²) in [6.45, 7) is 9.40. The normalized spacial score (nSPS) is 25.1. The Morgan fingerprint density at radius 1 is 0.736 bits per heavy atom. The van der Waals surface area contributed by atoms with Crippen molar-refractivity contribution in [3.8, 4) is 11.4 Å². The lowest BCUT2D eigenvalue weighted by molar-refractivity contribution is -0.238. The number of H-pyrrole nitrogens is 1. The molecule has 0 bridgehead atoms. The SMILES string of the molecule is CN[C@@H](C)C(=O)N[C@@H](C[C@@H](C)OC)C(=O)N1CCC[C@H]1Cc1c(-c2c(C[C@@H]3CCCN3C(=O)[C@H](C[C@H](C)OC)NC(=O)[C@H](C)NC)c3ccc(F)cc3n2C2O[C@@H](C)[C@@H](O)[C@@H](O)[C@@H]2O)[nH]c2cc(F)ccc12. The lowest BCUT2D eigenvalue weighted by Gasteiger charge is -2.41. The molecule has 20 heteroatoms. The number of likely N-dealkylation sites (tertiary alicyclic amines) is 2. The smallest absolute Gasteiger partial charge is 0.245 e. The van der Waals surface area contributed by atoms with E-state index in [0.717, 1.165) is 0 Å². The number of fused-ring (bicyclic) bond motifs is 2. The first kappa shape index (κ1) is 54.7. The molecule has 0 spiro atoms. The zero-order valence-electron chi connectivity index (χ0n) is 42.8. The Labute approximate surface area is 419 Å². The number of ether oxygens (including phenoxy) is 3. The van der Waals surface area contributed by atoms with E-state index in [-0.39, 0.29) is 67.0 Å². The monoisotopic (exact) mass is 1010 g/mol. The van der Waals surface area contributed by atoms with E-state index in [4.69, 9.17) is 14.2 Å². The minimum absolute atomic E-state index is 0.189. The highest BCUT2D eigenvalue weighted by Gasteiger charge is 2.46. The van der Waals surface area contributed by atoms with E-state index in [2.05, 4.69) is 26.3 Å². The third-order valence-electron chi connectivity index (χ3n) is 15.3. The zero-order chi connectivity index (χ0) is 52.3. The van der Waals surface area contributed by atoms with Crippen LogP contribution >= 0.6 is 0 Å². The van der Waals surface area contributed by atoms with Crippen molar-refractivity contribution in [1.29, 1.82) is 0 Å². The van der Waals surface area contributed by atoms with Gasteiger partial charge >= 0.3 is 0 Å². The fraction of sp³-hybridized carbons (Fsp3) is 0.615. The predicted molar refractivity (Wildman–Crippen MR) is 267 cm³/mol. The first-order valence-corrected chi connectivity index (χ1v) is 25.3. The summed E-state index contributed by atoms with van der Waals surface area (Å²) < 4.78 is 50.2. The fourth-order valence-corrected chi connectivity index (χ4v) is 10.7. The van der Waals surface area contributed by atoms with E-state index in [1.54, 1.807) is 68.5 Å². The molecule has 4 aromatic rings. The Morgan fingerprint density at radius 3 is 1.75 bits per heavy atom. The van der Waals surface area contributed by atoms with Crippen molar-refractivity contribution in [2.24, 2.45) is 0 Å². The van der Waals surface area contributed by atoms with Gasteiger partial charge in [0.2, 0.25) is 23.6 Å². The van der Waals surface area contributed by atoms with Gasteiger partial charge in [-0.15, -0.1) is 0 Å². The Hall–Kier alpha value is -5.06. The number of likely N-dealkylation sites (N-methyl/N-ethyl adjacent to an activating group) is 2. The summed E-state index contributed by atoms with van der Waals surface area (Å²) >= 11 is 0. The molecule has 0 aliphatic carbocycles. The molecule has 3 aliphatic heterocycles. The van der Waals surface area contributed by atoms with E-state index in [9.17, 15) is 34.5 Å². The van der Waals surface area contributed by atoms with Crippen LogP contribution in [0.3, 0.4) is 0 Å². The van der Waals surface area contributed by atoms with E-state index < -0.39 is 78.5 Å². The lowest BCUT2D eigenvalue weighted by atomic mass is 9.94. The fourth-order valence-electron chi connectivity index (χ4n) is 10.7. The summed E-state index contributed by atoms with van der Waals surface area (Å²) in [4.78, 5) is 63.1. The molecule has 2 aromatic carbocycles. The van der Waals surface area contributed by atoms with Gasteiger partial charge in [-0.2, -0.15) is 0 Å². The summed E-state index contributed by atoms with van der Waals surface area (Å²) in [7, 11) is 6.40. The standard InChI is InChI=1S/C52H74F2N8O10/c1-26(70-8)20-40(58-48(66)28(3)55-6)50(68)60-18-10-12-33(60)24-37-35-16-14-31(53)22-39(35)57-43(37)44-38(36-17-15-32(54)23-42(36)62(44)52-47(65)46(64)45(63)30(5)72-52)25-34-13-11-19-61(34)51(69)41(21-27(2)71-9)59-49(67)29(4)56-7/h14-17,22-23,26-30,33-34,40-41,45-47,52,55-57,63-65H,10-13,18-21,24-25H2,1-9H3,(H,58,66)(H,59,67)/t26-,27+,28+,29+,30+,33+,34+,40+,41+,45-,46-,47+,52?/m1/s1. The van der Waals surface area contributed by atoms with Crippen molar-refractivity contribution in [3.05, 3.63) is 59.2 Å². The van der Waals surface area contributed by atoms with Crippen molar-refractivity contribution >= 4 is 45.4 Å². The van der Waals surface area contributed by atoms with Gasteiger partial charge in [0.1, 0.15) is 42.0 Å². The molecule has 5 heterocycles. The highest BCUT2D eigenvalue weighted by atomic mass is 19.1. The average molecular weight is 1010 g/mol. The highest BCUT2D eigenvalue weighted by molar-refractivity contribution is 5.98. The van der Waals surface area contributed by atoms with E-state index in [1.165, 1.54) is 31.4 Å². The molecule has 1 unspecified atom stereocenters. The second kappa shape index (κ2) is 23.4. The number of amides is 4. The Bertz CT molecular complexity index is 2570. The van der Waals surface area contributed by atoms with Gasteiger partial charge in [0.05, 0.1) is 47.3 Å². The van der Waals surface area contributed by atoms with Crippen LogP contribution in [0.1, 0.15) is 90.5 Å². The van der Waals surface area contributed by atoms with Crippen molar-refractivity contribution < 1.29 is 57.5 Å². The minimum atomic E-state index is -1.72. The van der Waals surface area contributed by atoms with Crippen LogP contribution < -0.4 is 21.3 Å². The van der Waals surface area contributed by atoms with Gasteiger partial charge in [0.25, 0.3) is 0 Å². The quantitative estimate of drug-likeness (QED) is 0.0639. The third kappa shape index (κ3) is 11.4. The Kier molecular flexibility index (Phi) is 17.8. The van der Waals surface area contributed by atoms with Crippen LogP contribution in [0.4, 0.5) is 8.78 Å². The molecule has 396 valence electrons. The number of aliphatic hydroxyl groups excluding tert-OH is 3. The highest BCUT2D eigenvalue weighted by Crippen LogP contribution is 2.45. The molecule has 3 saturated heterocycles. The molecule has 18 nitrogen and oxygen atoms in total. The molecule has 0 radical (unpaired) electrons. The second-order valence-corrected chi connectivity index (χ2v) is 20.0. The second-order valence-electron chi connectivity index (χ2n) is 20.0. The summed E-state index contributed by atoms with van der Waals surface area (Å²) in [6, 6.07) is 4.76. The van der Waals surface area contributed by atoms with Crippen molar-refractivity contribution in [3.63, 3.8) is 0 Å². The topological polar surface area (TPSA) is 232 Å². The average Bonchev–Trinajstić information content (AvgIpc) is 4.18. The van der Waals surface area contributed by atoms with Crippen LogP contribution in [0.25, 0.3) is 33.2 Å². The molecule has 3 aliphatic rings. The molecule has 8 N–H and O–H groups in total. The van der Waals surface area contributed by atoms with Gasteiger partial charge in [-0.1, -0.05) is 0 Å². The Balaban J connectivity index is 1.40. The first-order chi connectivity index (χ1) is 34.3. The molecule has 0 saturated carbocycles. The number of aliphatic hydroxyl groups is 3. The summed E-state index contributed by atoms with van der Waals surface area (Å²) in [6.07, 6.45) is -4.69. The maximum absolute atomic E-state index is 15.8. The van der Waals surface area contributed by atoms with Gasteiger partial charge in [0.15, 0.2) is 6.23 Å². The zero-order valence-corrected chi connectivity index (χ0v) is 42.8. The van der Waals surface area contributed by atoms with Crippen molar-refractivity contribution in [2.75, 3.05) is 41.4 Å². The Morgan fingerprint density at radius 2 is 1.24 bits per heavy atom. The maximum atomic E-state index is 15.8. The van der Waals surface area contributed by atoms with Crippen LogP contribution in [0.15, 0.2) is 36.4 Å². The number of nitrogens with zero attached hydrogens (tertiary/aromatic N) is 3. The number of benzene rings is 2. The predicted octanol–water partition coefficient (Wildman–Crippen LogP) is 3.17. The van der Waals surface area contributed by atoms with Crippen molar-refractivity contribution in [2.45, 2.75) is 165 Å². The van der Waals surface area contributed by atoms with Crippen LogP contribution in [-0.4, -0.2) is 173 Å². The largest absolute Gasteiger partial charge is 0.388 e. The lowest BCUT2D eigenvalue weighted by Crippen LogP contribution is -2.54. The number of nitrogens with one attached hydrogen (secondary N) is 5. The molecular weight excluding hydrogens is 935 g/mol. The van der Waals surface area contributed by atoms with Crippen molar-refractivity contribution in [1.82, 2.24) is 40.6 Å². The van der Waals surface area contributed by atoms with E-state index in [0.29, 0.717) is 77.6 Å². The molecule has 4 amide bonds. The number of aromatic nitrogens is 2. The minimum Gasteiger partial charge on any atom is -0.388 e. The van der Waals surface area contributed by atoms with Crippen LogP contribution in [0.5, 0.6) is 0 Å². The van der Waals surface area contributed by atoms with Crippen LogP contribution in [0, 0.1) is 11.6 Å². The number of hydrogen-bond donors (Lipinski definition) is 8. The number of aromatic amines is 1. The number of hydrogen-bond acceptors (Lipinski definition) is 12. The van der Waals surface area contributed by atoms with Gasteiger partial charge in [-0.05, 0) is 135 Å². The number of carbonyl (C=O) groups is 4. The van der Waals surface area contributed by atoms with E-state index in [1.807, 2.05) is 13.8 Å². The summed E-state index contributed by atoms with van der Waals surface area (Å²) in [5.74, 6) is -2.40. The van der Waals surface area contributed by atoms with Crippen LogP contribution in [-0.2, 0) is 46.2 Å². The van der Waals surface area contributed by atoms with Crippen LogP contribution in [0.2, 0.25) is 0 Å². The number of halogens is 2. The number of rotatable bonds is 20. The summed E-state index contributed by atoms with van der Waals surface area (Å²) in [5, 5.41) is 47.0. The third-order valence-corrected chi connectivity index (χ3v) is 15.3. The van der Waals surface area contributed by atoms with E-state index >= 15 is 8.78 Å². The maximum Gasteiger partial charge on any atom is 0.245 e. The summed E-state index contributed by atoms with van der Waals surface area (Å²) in [5.41, 5.74) is 2.84. The molecule has 72 heavy (non-hydrogen) atoms. The molecular formula is C52H74F2N8O10. The number of carbonyl (C=O) groups excluding carboxylic acids is 4.